The number of rotatable bonds is 2. The summed E-state index contributed by atoms with van der Waals surface area (Å²) in [6.45, 7) is 3.20. The fourth-order valence-corrected chi connectivity index (χ4v) is 1.58. The van der Waals surface area contributed by atoms with Gasteiger partial charge >= 0.3 is 11.9 Å². The highest BCUT2D eigenvalue weighted by Gasteiger charge is 2.23. The van der Waals surface area contributed by atoms with Crippen molar-refractivity contribution in [3.8, 4) is 0 Å². The van der Waals surface area contributed by atoms with Crippen LogP contribution in [0.25, 0.3) is 0 Å². The first kappa shape index (κ1) is 10.3. The maximum absolute atomic E-state index is 10.8. The molecule has 14 heavy (non-hydrogen) atoms. The molecule has 0 saturated heterocycles. The smallest absolute Gasteiger partial charge is 0.352 e. The first-order chi connectivity index (χ1) is 6.37. The molecule has 1 rings (SSSR count). The predicted octanol–water partition coefficient (Wildman–Crippen LogP) is 1.04. The fraction of sp³-hybridized carbons (Fsp3) is 0.333. The highest BCUT2D eigenvalue weighted by molar-refractivity contribution is 5.94. The van der Waals surface area contributed by atoms with Crippen LogP contribution >= 0.6 is 0 Å². The molecule has 0 aromatic carbocycles. The van der Waals surface area contributed by atoms with Gasteiger partial charge in [0.05, 0.1) is 0 Å². The van der Waals surface area contributed by atoms with Gasteiger partial charge in [-0.2, -0.15) is 0 Å². The quantitative estimate of drug-likeness (QED) is 0.742. The lowest BCUT2D eigenvalue weighted by Gasteiger charge is -2.00. The van der Waals surface area contributed by atoms with Crippen LogP contribution in [0, 0.1) is 13.8 Å². The Hall–Kier alpha value is -1.78. The third kappa shape index (κ3) is 1.26. The highest BCUT2D eigenvalue weighted by Crippen LogP contribution is 2.20. The second-order valence-corrected chi connectivity index (χ2v) is 3.12. The molecule has 5 heteroatoms. The first-order valence-electron chi connectivity index (χ1n) is 4.00. The molecule has 0 fully saturated rings. The van der Waals surface area contributed by atoms with Gasteiger partial charge in [-0.25, -0.2) is 9.59 Å². The molecule has 0 atom stereocenters. The van der Waals surface area contributed by atoms with Crippen molar-refractivity contribution in [2.75, 3.05) is 0 Å². The lowest BCUT2D eigenvalue weighted by molar-refractivity contribution is 0.0679. The van der Waals surface area contributed by atoms with E-state index in [4.69, 9.17) is 10.2 Å². The molecule has 0 radical (unpaired) electrons. The number of hydrogen-bond acceptors (Lipinski definition) is 2. The topological polar surface area (TPSA) is 79.5 Å². The lowest BCUT2D eigenvalue weighted by atomic mass is 10.1. The van der Waals surface area contributed by atoms with Crippen LogP contribution in [-0.4, -0.2) is 26.7 Å². The van der Waals surface area contributed by atoms with Crippen molar-refractivity contribution < 1.29 is 19.8 Å². The molecule has 0 bridgehead atoms. The summed E-state index contributed by atoms with van der Waals surface area (Å²) in [7, 11) is 1.44. The van der Waals surface area contributed by atoms with Crippen molar-refractivity contribution in [2.24, 2.45) is 7.05 Å². The van der Waals surface area contributed by atoms with Gasteiger partial charge in [-0.05, 0) is 25.0 Å². The zero-order valence-electron chi connectivity index (χ0n) is 8.16. The molecular formula is C9H11NO4. The van der Waals surface area contributed by atoms with Crippen molar-refractivity contribution in [1.29, 1.82) is 0 Å². The summed E-state index contributed by atoms with van der Waals surface area (Å²) in [5.74, 6) is -2.22. The summed E-state index contributed by atoms with van der Waals surface area (Å²) in [4.78, 5) is 21.6. The van der Waals surface area contributed by atoms with E-state index in [1.165, 1.54) is 11.6 Å². The van der Waals surface area contributed by atoms with Crippen LogP contribution in [0.2, 0.25) is 0 Å². The summed E-state index contributed by atoms with van der Waals surface area (Å²) in [5.41, 5.74) is 1.05. The largest absolute Gasteiger partial charge is 0.477 e. The predicted molar refractivity (Wildman–Crippen MR) is 48.8 cm³/mol. The minimum atomic E-state index is -1.11. The van der Waals surface area contributed by atoms with E-state index in [1.54, 1.807) is 13.8 Å². The average Bonchev–Trinajstić information content (AvgIpc) is 2.23. The molecule has 1 aromatic heterocycles. The Morgan fingerprint density at radius 1 is 1.00 bits per heavy atom. The third-order valence-corrected chi connectivity index (χ3v) is 2.35. The summed E-state index contributed by atoms with van der Waals surface area (Å²) in [5, 5.41) is 17.7. The molecule has 0 saturated carbocycles. The van der Waals surface area contributed by atoms with Crippen LogP contribution in [0.1, 0.15) is 32.1 Å². The molecule has 0 spiro atoms. The first-order valence-corrected chi connectivity index (χ1v) is 4.00. The zero-order chi connectivity index (χ0) is 11.0. The second kappa shape index (κ2) is 3.17. The molecule has 0 aliphatic rings. The Kier molecular flexibility index (Phi) is 2.33. The van der Waals surface area contributed by atoms with E-state index >= 15 is 0 Å². The summed E-state index contributed by atoms with van der Waals surface area (Å²) in [6, 6.07) is 0. The minimum Gasteiger partial charge on any atom is -0.477 e. The second-order valence-electron chi connectivity index (χ2n) is 3.12. The SMILES string of the molecule is Cc1c(C)c(C(=O)O)n(C)c1C(=O)O. The van der Waals surface area contributed by atoms with E-state index < -0.39 is 11.9 Å². The van der Waals surface area contributed by atoms with E-state index in [9.17, 15) is 9.59 Å². The summed E-state index contributed by atoms with van der Waals surface area (Å²) < 4.78 is 1.19. The summed E-state index contributed by atoms with van der Waals surface area (Å²) >= 11 is 0. The van der Waals surface area contributed by atoms with Crippen LogP contribution < -0.4 is 0 Å². The average molecular weight is 197 g/mol. The molecule has 1 heterocycles. The van der Waals surface area contributed by atoms with Crippen molar-refractivity contribution in [3.63, 3.8) is 0 Å². The fourth-order valence-electron chi connectivity index (χ4n) is 1.58. The monoisotopic (exact) mass is 197 g/mol. The normalized spacial score (nSPS) is 10.2. The van der Waals surface area contributed by atoms with Gasteiger partial charge in [0, 0.05) is 7.05 Å². The van der Waals surface area contributed by atoms with Gasteiger partial charge in [0.2, 0.25) is 0 Å². The van der Waals surface area contributed by atoms with E-state index in [0.29, 0.717) is 11.1 Å². The van der Waals surface area contributed by atoms with Crippen LogP contribution in [0.15, 0.2) is 0 Å². The highest BCUT2D eigenvalue weighted by atomic mass is 16.4. The molecule has 0 aliphatic heterocycles. The Balaban J connectivity index is 3.57. The van der Waals surface area contributed by atoms with Gasteiger partial charge in [-0.15, -0.1) is 0 Å². The number of aromatic nitrogens is 1. The van der Waals surface area contributed by atoms with E-state index in [-0.39, 0.29) is 11.4 Å². The Morgan fingerprint density at radius 2 is 1.29 bits per heavy atom. The molecule has 2 N–H and O–H groups in total. The standard InChI is InChI=1S/C9H11NO4/c1-4-5(2)7(9(13)14)10(3)6(4)8(11)12/h1-3H3,(H,11,12)(H,13,14). The number of aromatic carboxylic acids is 2. The number of carbonyl (C=O) groups is 2. The number of carboxylic acid groups (broad SMARTS) is 2. The van der Waals surface area contributed by atoms with Crippen molar-refractivity contribution in [2.45, 2.75) is 13.8 Å². The molecule has 0 unspecified atom stereocenters. The maximum Gasteiger partial charge on any atom is 0.352 e. The molecular weight excluding hydrogens is 186 g/mol. The van der Waals surface area contributed by atoms with Crippen molar-refractivity contribution in [1.82, 2.24) is 4.57 Å². The minimum absolute atomic E-state index is 0.0277. The third-order valence-electron chi connectivity index (χ3n) is 2.35. The van der Waals surface area contributed by atoms with Crippen LogP contribution in [0.4, 0.5) is 0 Å². The number of hydrogen-bond donors (Lipinski definition) is 2. The van der Waals surface area contributed by atoms with Crippen molar-refractivity contribution >= 4 is 11.9 Å². The summed E-state index contributed by atoms with van der Waals surface area (Å²) in [6.07, 6.45) is 0. The van der Waals surface area contributed by atoms with E-state index in [1.807, 2.05) is 0 Å². The van der Waals surface area contributed by atoms with Gasteiger partial charge in [0.25, 0.3) is 0 Å². The Morgan fingerprint density at radius 3 is 1.43 bits per heavy atom. The van der Waals surface area contributed by atoms with E-state index in [2.05, 4.69) is 0 Å². The molecule has 0 amide bonds. The number of carboxylic acids is 2. The molecule has 0 aliphatic carbocycles. The van der Waals surface area contributed by atoms with Gasteiger partial charge in [0.15, 0.2) is 0 Å². The Labute approximate surface area is 80.6 Å². The van der Waals surface area contributed by atoms with Crippen LogP contribution in [-0.2, 0) is 7.05 Å². The number of nitrogens with zero attached hydrogens (tertiary/aromatic N) is 1. The van der Waals surface area contributed by atoms with Gasteiger partial charge in [0.1, 0.15) is 11.4 Å². The van der Waals surface area contributed by atoms with Crippen molar-refractivity contribution in [3.05, 3.63) is 22.5 Å². The van der Waals surface area contributed by atoms with E-state index in [0.717, 1.165) is 0 Å². The maximum atomic E-state index is 10.8. The zero-order valence-corrected chi connectivity index (χ0v) is 8.16. The van der Waals surface area contributed by atoms with Gasteiger partial charge in [-0.3, -0.25) is 0 Å². The molecule has 1 aromatic rings. The van der Waals surface area contributed by atoms with Gasteiger partial charge in [-0.1, -0.05) is 0 Å². The van der Waals surface area contributed by atoms with Crippen LogP contribution in [0.5, 0.6) is 0 Å². The molecule has 5 nitrogen and oxygen atoms in total. The lowest BCUT2D eigenvalue weighted by Crippen LogP contribution is -2.11. The van der Waals surface area contributed by atoms with Gasteiger partial charge < -0.3 is 14.8 Å². The Bertz CT molecular complexity index is 379. The van der Waals surface area contributed by atoms with Crippen LogP contribution in [0.3, 0.4) is 0 Å². The molecule has 76 valence electrons.